The summed E-state index contributed by atoms with van der Waals surface area (Å²) < 4.78 is 28.0. The number of rotatable bonds is 5. The molecule has 0 atom stereocenters. The third kappa shape index (κ3) is 4.82. The van der Waals surface area contributed by atoms with E-state index in [0.717, 1.165) is 36.5 Å². The zero-order chi connectivity index (χ0) is 21.1. The number of hydrogen-bond acceptors (Lipinski definition) is 5. The van der Waals surface area contributed by atoms with Crippen molar-refractivity contribution in [2.45, 2.75) is 29.9 Å². The first-order chi connectivity index (χ1) is 14.4. The molecule has 0 unspecified atom stereocenters. The van der Waals surface area contributed by atoms with Crippen LogP contribution in [-0.2, 0) is 21.2 Å². The summed E-state index contributed by atoms with van der Waals surface area (Å²) in [5, 5.41) is 0.674. The van der Waals surface area contributed by atoms with Gasteiger partial charge < -0.3 is 9.80 Å². The van der Waals surface area contributed by atoms with Gasteiger partial charge in [-0.05, 0) is 49.6 Å². The van der Waals surface area contributed by atoms with Crippen molar-refractivity contribution in [1.29, 1.82) is 0 Å². The molecule has 1 aromatic heterocycles. The molecule has 162 valence electrons. The van der Waals surface area contributed by atoms with E-state index >= 15 is 0 Å². The number of piperidine rings is 1. The Hall–Kier alpha value is -1.61. The first kappa shape index (κ1) is 21.6. The Morgan fingerprint density at radius 2 is 1.70 bits per heavy atom. The molecule has 1 amide bonds. The molecule has 2 aromatic rings. The van der Waals surface area contributed by atoms with Crippen molar-refractivity contribution in [3.63, 3.8) is 0 Å². The molecule has 2 saturated heterocycles. The van der Waals surface area contributed by atoms with Crippen LogP contribution in [0.25, 0.3) is 0 Å². The van der Waals surface area contributed by atoms with Crippen molar-refractivity contribution in [2.24, 2.45) is 0 Å². The van der Waals surface area contributed by atoms with Gasteiger partial charge >= 0.3 is 0 Å². The summed E-state index contributed by atoms with van der Waals surface area (Å²) >= 11 is 7.29. The van der Waals surface area contributed by atoms with Gasteiger partial charge in [0.05, 0.1) is 6.42 Å². The summed E-state index contributed by atoms with van der Waals surface area (Å²) in [6.45, 7) is 3.71. The minimum absolute atomic E-state index is 0.0932. The highest BCUT2D eigenvalue weighted by atomic mass is 35.5. The van der Waals surface area contributed by atoms with E-state index in [1.165, 1.54) is 22.1 Å². The highest BCUT2D eigenvalue weighted by molar-refractivity contribution is 7.91. The number of hydrogen-bond donors (Lipinski definition) is 0. The number of anilines is 1. The molecule has 3 heterocycles. The van der Waals surface area contributed by atoms with Gasteiger partial charge in [0.2, 0.25) is 5.91 Å². The largest absolute Gasteiger partial charge is 0.369 e. The molecule has 0 aliphatic carbocycles. The van der Waals surface area contributed by atoms with Gasteiger partial charge in [-0.15, -0.1) is 11.3 Å². The number of likely N-dealkylation sites (tertiary alicyclic amines) is 1. The topological polar surface area (TPSA) is 60.9 Å². The highest BCUT2D eigenvalue weighted by Crippen LogP contribution is 2.28. The van der Waals surface area contributed by atoms with Crippen LogP contribution >= 0.6 is 22.9 Å². The zero-order valence-corrected chi connectivity index (χ0v) is 19.2. The van der Waals surface area contributed by atoms with Crippen LogP contribution in [0.3, 0.4) is 0 Å². The lowest BCUT2D eigenvalue weighted by molar-refractivity contribution is -0.131. The number of benzene rings is 1. The third-order valence-electron chi connectivity index (χ3n) is 5.68. The van der Waals surface area contributed by atoms with Crippen LogP contribution in [0.1, 0.15) is 24.1 Å². The smallest absolute Gasteiger partial charge is 0.252 e. The van der Waals surface area contributed by atoms with E-state index in [1.807, 2.05) is 29.2 Å². The number of piperazine rings is 1. The first-order valence-electron chi connectivity index (χ1n) is 10.3. The monoisotopic (exact) mass is 467 g/mol. The van der Waals surface area contributed by atoms with Gasteiger partial charge in [-0.2, -0.15) is 4.31 Å². The van der Waals surface area contributed by atoms with E-state index in [9.17, 15) is 13.2 Å². The van der Waals surface area contributed by atoms with Crippen molar-refractivity contribution in [3.8, 4) is 0 Å². The van der Waals surface area contributed by atoms with Crippen LogP contribution in [0.15, 0.2) is 40.6 Å². The van der Waals surface area contributed by atoms with Gasteiger partial charge in [-0.3, -0.25) is 4.79 Å². The molecule has 0 radical (unpaired) electrons. The predicted octanol–water partition coefficient (Wildman–Crippen LogP) is 3.47. The van der Waals surface area contributed by atoms with Crippen LogP contribution in [0.4, 0.5) is 5.69 Å². The fourth-order valence-electron chi connectivity index (χ4n) is 3.98. The number of carbonyl (C=O) groups is 1. The molecule has 0 bridgehead atoms. The van der Waals surface area contributed by atoms with Crippen LogP contribution in [0.2, 0.25) is 5.02 Å². The number of carbonyl (C=O) groups excluding carboxylic acids is 1. The molecule has 0 spiro atoms. The van der Waals surface area contributed by atoms with E-state index in [1.54, 1.807) is 12.1 Å². The van der Waals surface area contributed by atoms with Crippen LogP contribution in [-0.4, -0.2) is 62.8 Å². The van der Waals surface area contributed by atoms with E-state index in [-0.39, 0.29) is 12.3 Å². The van der Waals surface area contributed by atoms with Crippen molar-refractivity contribution >= 4 is 44.6 Å². The zero-order valence-electron chi connectivity index (χ0n) is 16.8. The summed E-state index contributed by atoms with van der Waals surface area (Å²) in [6, 6.07) is 11.0. The highest BCUT2D eigenvalue weighted by Gasteiger charge is 2.30. The van der Waals surface area contributed by atoms with Crippen LogP contribution < -0.4 is 4.90 Å². The number of halogens is 1. The second kappa shape index (κ2) is 9.26. The summed E-state index contributed by atoms with van der Waals surface area (Å²) in [4.78, 5) is 17.3. The van der Waals surface area contributed by atoms with Crippen molar-refractivity contribution in [1.82, 2.24) is 9.21 Å². The molecule has 0 saturated carbocycles. The molecule has 2 aliphatic rings. The Morgan fingerprint density at radius 1 is 0.967 bits per heavy atom. The van der Waals surface area contributed by atoms with Crippen molar-refractivity contribution in [2.75, 3.05) is 44.2 Å². The Kier molecular flexibility index (Phi) is 6.67. The standard InChI is InChI=1S/C21H26ClN3O3S2/c22-17-5-4-6-18(15-17)23-11-13-25(14-12-23)30(27,28)21-8-7-19(29-21)16-20(26)24-9-2-1-3-10-24/h4-8,15H,1-3,9-14,16H2. The molecule has 4 rings (SSSR count). The molecule has 6 nitrogen and oxygen atoms in total. The van der Waals surface area contributed by atoms with Gasteiger partial charge in [-0.25, -0.2) is 8.42 Å². The molecule has 9 heteroatoms. The number of amides is 1. The second-order valence-electron chi connectivity index (χ2n) is 7.71. The molecule has 2 aliphatic heterocycles. The lowest BCUT2D eigenvalue weighted by Gasteiger charge is -2.35. The van der Waals surface area contributed by atoms with E-state index < -0.39 is 10.0 Å². The van der Waals surface area contributed by atoms with Gasteiger partial charge in [0, 0.05) is 54.9 Å². The molecular weight excluding hydrogens is 442 g/mol. The Balaban J connectivity index is 1.38. The molecule has 30 heavy (non-hydrogen) atoms. The fourth-order valence-corrected chi connectivity index (χ4v) is 7.09. The van der Waals surface area contributed by atoms with E-state index in [2.05, 4.69) is 4.90 Å². The van der Waals surface area contributed by atoms with Crippen LogP contribution in [0, 0.1) is 0 Å². The quantitative estimate of drug-likeness (QED) is 0.675. The number of sulfonamides is 1. The van der Waals surface area contributed by atoms with Gasteiger partial charge in [0.25, 0.3) is 10.0 Å². The summed E-state index contributed by atoms with van der Waals surface area (Å²) in [5.41, 5.74) is 1.01. The Bertz CT molecular complexity index is 994. The lowest BCUT2D eigenvalue weighted by atomic mass is 10.1. The normalized spacial score (nSPS) is 18.6. The minimum Gasteiger partial charge on any atom is -0.369 e. The Morgan fingerprint density at radius 3 is 2.40 bits per heavy atom. The molecule has 2 fully saturated rings. The molecular formula is C21H26ClN3O3S2. The van der Waals surface area contributed by atoms with Gasteiger partial charge in [0.15, 0.2) is 0 Å². The summed E-state index contributed by atoms with van der Waals surface area (Å²) in [6.07, 6.45) is 3.56. The molecule has 0 N–H and O–H groups in total. The van der Waals surface area contributed by atoms with Crippen molar-refractivity contribution < 1.29 is 13.2 Å². The first-order valence-corrected chi connectivity index (χ1v) is 12.9. The number of nitrogens with zero attached hydrogens (tertiary/aromatic N) is 3. The predicted molar refractivity (Wildman–Crippen MR) is 121 cm³/mol. The second-order valence-corrected chi connectivity index (χ2v) is 11.5. The minimum atomic E-state index is -3.54. The van der Waals surface area contributed by atoms with E-state index in [0.29, 0.717) is 35.4 Å². The summed E-state index contributed by atoms with van der Waals surface area (Å²) in [7, 11) is -3.54. The average Bonchev–Trinajstić information content (AvgIpc) is 3.24. The maximum absolute atomic E-state index is 13.1. The van der Waals surface area contributed by atoms with Gasteiger partial charge in [-0.1, -0.05) is 17.7 Å². The maximum atomic E-state index is 13.1. The van der Waals surface area contributed by atoms with Gasteiger partial charge in [0.1, 0.15) is 4.21 Å². The SMILES string of the molecule is O=C(Cc1ccc(S(=O)(=O)N2CCN(c3cccc(Cl)c3)CC2)s1)N1CCCCC1. The lowest BCUT2D eigenvalue weighted by Crippen LogP contribution is -2.48. The van der Waals surface area contributed by atoms with Crippen LogP contribution in [0.5, 0.6) is 0 Å². The Labute approximate surface area is 187 Å². The maximum Gasteiger partial charge on any atom is 0.252 e. The third-order valence-corrected chi connectivity index (χ3v) is 9.36. The van der Waals surface area contributed by atoms with Crippen molar-refractivity contribution in [3.05, 3.63) is 46.3 Å². The van der Waals surface area contributed by atoms with E-state index in [4.69, 9.17) is 11.6 Å². The molecule has 1 aromatic carbocycles. The number of thiophene rings is 1. The summed E-state index contributed by atoms with van der Waals surface area (Å²) in [5.74, 6) is 0.0932. The average molecular weight is 468 g/mol. The fraction of sp³-hybridized carbons (Fsp3) is 0.476.